The van der Waals surface area contributed by atoms with Gasteiger partial charge in [-0.05, 0) is 19.1 Å². The number of nitrogens with zero attached hydrogens (tertiary/aromatic N) is 2. The van der Waals surface area contributed by atoms with Crippen LogP contribution in [0, 0.1) is 11.3 Å². The van der Waals surface area contributed by atoms with Gasteiger partial charge in [0.25, 0.3) is 0 Å². The van der Waals surface area contributed by atoms with Crippen LogP contribution in [0.2, 0.25) is 0 Å². The van der Waals surface area contributed by atoms with Crippen molar-refractivity contribution in [3.8, 4) is 6.07 Å². The first kappa shape index (κ1) is 11.9. The smallest absolute Gasteiger partial charge is 0.101 e. The third-order valence-electron chi connectivity index (χ3n) is 3.20. The van der Waals surface area contributed by atoms with E-state index in [9.17, 15) is 5.11 Å². The number of benzene rings is 1. The topological polar surface area (TPSA) is 59.3 Å². The number of anilines is 1. The first-order chi connectivity index (χ1) is 8.27. The molecule has 2 N–H and O–H groups in total. The normalized spacial score (nSPS) is 24.4. The van der Waals surface area contributed by atoms with Gasteiger partial charge in [0.05, 0.1) is 23.9 Å². The molecule has 0 saturated carbocycles. The molecule has 0 amide bonds. The fourth-order valence-electron chi connectivity index (χ4n) is 2.40. The predicted molar refractivity (Wildman–Crippen MR) is 66.8 cm³/mol. The number of para-hydroxylation sites is 1. The summed E-state index contributed by atoms with van der Waals surface area (Å²) in [6.45, 7) is 3.82. The summed E-state index contributed by atoms with van der Waals surface area (Å²) in [7, 11) is 0. The summed E-state index contributed by atoms with van der Waals surface area (Å²) in [5.74, 6) is 0. The van der Waals surface area contributed by atoms with Crippen LogP contribution in [0.15, 0.2) is 24.3 Å². The van der Waals surface area contributed by atoms with Gasteiger partial charge >= 0.3 is 0 Å². The lowest BCUT2D eigenvalue weighted by molar-refractivity contribution is 0.235. The Kier molecular flexibility index (Phi) is 3.62. The van der Waals surface area contributed by atoms with Crippen LogP contribution in [-0.2, 0) is 0 Å². The molecule has 1 aliphatic rings. The molecule has 1 aromatic carbocycles. The summed E-state index contributed by atoms with van der Waals surface area (Å²) < 4.78 is 0. The van der Waals surface area contributed by atoms with Gasteiger partial charge in [-0.15, -0.1) is 0 Å². The van der Waals surface area contributed by atoms with Gasteiger partial charge in [-0.2, -0.15) is 5.26 Å². The molecule has 2 atom stereocenters. The van der Waals surface area contributed by atoms with E-state index in [4.69, 9.17) is 5.26 Å². The number of aliphatic hydroxyl groups is 1. The van der Waals surface area contributed by atoms with Crippen LogP contribution < -0.4 is 10.2 Å². The van der Waals surface area contributed by atoms with Gasteiger partial charge in [0, 0.05) is 19.1 Å². The molecule has 1 saturated heterocycles. The van der Waals surface area contributed by atoms with Crippen molar-refractivity contribution < 1.29 is 5.11 Å². The lowest BCUT2D eigenvalue weighted by atomic mass is 10.0. The predicted octanol–water partition coefficient (Wildman–Crippen LogP) is 0.717. The molecule has 0 spiro atoms. The van der Waals surface area contributed by atoms with Crippen LogP contribution in [0.5, 0.6) is 0 Å². The van der Waals surface area contributed by atoms with E-state index in [2.05, 4.69) is 23.2 Å². The monoisotopic (exact) mass is 231 g/mol. The molecule has 17 heavy (non-hydrogen) atoms. The zero-order chi connectivity index (χ0) is 12.3. The Morgan fingerprint density at radius 2 is 2.24 bits per heavy atom. The maximum atomic E-state index is 9.44. The number of piperazine rings is 1. The maximum absolute atomic E-state index is 9.44. The zero-order valence-corrected chi connectivity index (χ0v) is 9.93. The second kappa shape index (κ2) is 5.17. The quantitative estimate of drug-likeness (QED) is 0.787. The summed E-state index contributed by atoms with van der Waals surface area (Å²) in [6.07, 6.45) is 0. The largest absolute Gasteiger partial charge is 0.394 e. The van der Waals surface area contributed by atoms with Crippen LogP contribution in [0.3, 0.4) is 0 Å². The number of hydrogen-bond acceptors (Lipinski definition) is 4. The second-order valence-corrected chi connectivity index (χ2v) is 4.38. The molecule has 4 nitrogen and oxygen atoms in total. The molecular weight excluding hydrogens is 214 g/mol. The van der Waals surface area contributed by atoms with Crippen LogP contribution in [-0.4, -0.2) is 36.9 Å². The first-order valence-electron chi connectivity index (χ1n) is 5.87. The van der Waals surface area contributed by atoms with Crippen LogP contribution in [0.1, 0.15) is 12.5 Å². The number of aliphatic hydroxyl groups excluding tert-OH is 1. The molecule has 1 heterocycles. The lowest BCUT2D eigenvalue weighted by Crippen LogP contribution is -2.58. The molecule has 90 valence electrons. The fraction of sp³-hybridized carbons (Fsp3) is 0.462. The Hall–Kier alpha value is -1.57. The van der Waals surface area contributed by atoms with E-state index in [-0.39, 0.29) is 18.7 Å². The molecule has 1 fully saturated rings. The van der Waals surface area contributed by atoms with E-state index < -0.39 is 0 Å². The number of nitriles is 1. The van der Waals surface area contributed by atoms with Crippen molar-refractivity contribution in [1.82, 2.24) is 5.32 Å². The molecule has 2 unspecified atom stereocenters. The SMILES string of the molecule is CC1CNCC(CO)N1c1ccccc1C#N. The number of nitrogens with one attached hydrogen (secondary N) is 1. The molecule has 0 aromatic heterocycles. The second-order valence-electron chi connectivity index (χ2n) is 4.38. The molecule has 1 aromatic rings. The van der Waals surface area contributed by atoms with Crippen LogP contribution >= 0.6 is 0 Å². The van der Waals surface area contributed by atoms with Gasteiger partial charge in [0.2, 0.25) is 0 Å². The molecule has 0 aliphatic carbocycles. The van der Waals surface area contributed by atoms with E-state index in [1.807, 2.05) is 24.3 Å². The highest BCUT2D eigenvalue weighted by molar-refractivity contribution is 5.60. The minimum absolute atomic E-state index is 0.0354. The van der Waals surface area contributed by atoms with E-state index in [1.54, 1.807) is 0 Å². The lowest BCUT2D eigenvalue weighted by Gasteiger charge is -2.42. The van der Waals surface area contributed by atoms with Gasteiger partial charge in [0.15, 0.2) is 0 Å². The first-order valence-corrected chi connectivity index (χ1v) is 5.87. The van der Waals surface area contributed by atoms with E-state index in [0.717, 1.165) is 18.8 Å². The fourth-order valence-corrected chi connectivity index (χ4v) is 2.40. The average molecular weight is 231 g/mol. The molecule has 2 rings (SSSR count). The summed E-state index contributed by atoms with van der Waals surface area (Å²) in [5, 5.41) is 21.9. The van der Waals surface area contributed by atoms with Crippen LogP contribution in [0.25, 0.3) is 0 Å². The Labute approximate surface area is 101 Å². The Morgan fingerprint density at radius 1 is 1.47 bits per heavy atom. The standard InChI is InChI=1S/C13H17N3O/c1-10-7-15-8-12(9-17)16(10)13-5-3-2-4-11(13)6-14/h2-5,10,12,15,17H,7-9H2,1H3. The molecule has 1 aliphatic heterocycles. The van der Waals surface area contributed by atoms with Crippen molar-refractivity contribution in [2.24, 2.45) is 0 Å². The minimum atomic E-state index is 0.0354. The maximum Gasteiger partial charge on any atom is 0.101 e. The molecule has 0 bridgehead atoms. The molecule has 4 heteroatoms. The minimum Gasteiger partial charge on any atom is -0.394 e. The van der Waals surface area contributed by atoms with Gasteiger partial charge in [0.1, 0.15) is 6.07 Å². The third-order valence-corrected chi connectivity index (χ3v) is 3.20. The average Bonchev–Trinajstić information content (AvgIpc) is 2.38. The van der Waals surface area contributed by atoms with Crippen molar-refractivity contribution in [2.75, 3.05) is 24.6 Å². The molecular formula is C13H17N3O. The van der Waals surface area contributed by atoms with E-state index >= 15 is 0 Å². The highest BCUT2D eigenvalue weighted by Crippen LogP contribution is 2.25. The van der Waals surface area contributed by atoms with Crippen LogP contribution in [0.4, 0.5) is 5.69 Å². The number of hydrogen-bond donors (Lipinski definition) is 2. The van der Waals surface area contributed by atoms with Gasteiger partial charge in [-0.1, -0.05) is 12.1 Å². The van der Waals surface area contributed by atoms with Gasteiger partial charge in [-0.3, -0.25) is 0 Å². The van der Waals surface area contributed by atoms with E-state index in [1.165, 1.54) is 0 Å². The van der Waals surface area contributed by atoms with E-state index in [0.29, 0.717) is 5.56 Å². The summed E-state index contributed by atoms with van der Waals surface area (Å²) >= 11 is 0. The van der Waals surface area contributed by atoms with Crippen molar-refractivity contribution >= 4 is 5.69 Å². The van der Waals surface area contributed by atoms with Crippen molar-refractivity contribution in [3.05, 3.63) is 29.8 Å². The Balaban J connectivity index is 2.38. The summed E-state index contributed by atoms with van der Waals surface area (Å²) in [6, 6.07) is 10.1. The highest BCUT2D eigenvalue weighted by atomic mass is 16.3. The summed E-state index contributed by atoms with van der Waals surface area (Å²) in [4.78, 5) is 2.15. The van der Waals surface area contributed by atoms with Crippen molar-refractivity contribution in [1.29, 1.82) is 5.26 Å². The summed E-state index contributed by atoms with van der Waals surface area (Å²) in [5.41, 5.74) is 1.59. The van der Waals surface area contributed by atoms with Gasteiger partial charge in [-0.25, -0.2) is 0 Å². The Bertz CT molecular complexity index is 427. The van der Waals surface area contributed by atoms with Crippen molar-refractivity contribution in [2.45, 2.75) is 19.0 Å². The van der Waals surface area contributed by atoms with Crippen molar-refractivity contribution in [3.63, 3.8) is 0 Å². The molecule has 0 radical (unpaired) electrons. The Morgan fingerprint density at radius 3 is 2.94 bits per heavy atom. The zero-order valence-electron chi connectivity index (χ0n) is 9.93. The third kappa shape index (κ3) is 2.26. The van der Waals surface area contributed by atoms with Gasteiger partial charge < -0.3 is 15.3 Å². The highest BCUT2D eigenvalue weighted by Gasteiger charge is 2.28. The number of rotatable bonds is 2.